The van der Waals surface area contributed by atoms with Gasteiger partial charge in [0.25, 0.3) is 0 Å². The number of aliphatic imine (C=N–C) groups is 1. The number of pyridine rings is 1. The first-order valence-corrected chi connectivity index (χ1v) is 12.2. The Morgan fingerprint density at radius 3 is 2.51 bits per heavy atom. The minimum atomic E-state index is -1.02. The number of halogens is 1. The second-order valence-electron chi connectivity index (χ2n) is 9.16. The van der Waals surface area contributed by atoms with E-state index in [9.17, 15) is 18.8 Å². The molecule has 0 saturated heterocycles. The number of carbonyl (C=O) groups excluding carboxylic acids is 2. The van der Waals surface area contributed by atoms with Crippen LogP contribution in [0.5, 0.6) is 11.6 Å². The lowest BCUT2D eigenvalue weighted by Crippen LogP contribution is -2.50. The molecule has 2 aromatic rings. The van der Waals surface area contributed by atoms with Crippen LogP contribution in [0.25, 0.3) is 0 Å². The zero-order valence-corrected chi connectivity index (χ0v) is 21.0. The molecule has 198 valence electrons. The lowest BCUT2D eigenvalue weighted by Gasteiger charge is -2.29. The van der Waals surface area contributed by atoms with E-state index in [1.54, 1.807) is 24.3 Å². The molecule has 0 spiro atoms. The zero-order valence-electron chi connectivity index (χ0n) is 21.0. The van der Waals surface area contributed by atoms with E-state index >= 15 is 0 Å². The molecule has 0 aliphatic heterocycles. The van der Waals surface area contributed by atoms with Crippen molar-refractivity contribution in [1.29, 1.82) is 0 Å². The second kappa shape index (κ2) is 13.3. The van der Waals surface area contributed by atoms with Gasteiger partial charge in [-0.1, -0.05) is 26.2 Å². The van der Waals surface area contributed by atoms with E-state index in [1.807, 2.05) is 0 Å². The molecule has 1 aliphatic rings. The highest BCUT2D eigenvalue weighted by Crippen LogP contribution is 2.25. The molecule has 10 nitrogen and oxygen atoms in total. The molecule has 2 N–H and O–H groups in total. The number of aliphatic carboxylic acids is 1. The smallest absolute Gasteiger partial charge is 0.323 e. The van der Waals surface area contributed by atoms with Gasteiger partial charge in [0.15, 0.2) is 0 Å². The first-order valence-electron chi connectivity index (χ1n) is 12.2. The van der Waals surface area contributed by atoms with Crippen molar-refractivity contribution in [3.8, 4) is 11.6 Å². The van der Waals surface area contributed by atoms with Gasteiger partial charge in [0.2, 0.25) is 18.2 Å². The predicted octanol–water partition coefficient (Wildman–Crippen LogP) is 4.40. The van der Waals surface area contributed by atoms with E-state index in [-0.39, 0.29) is 18.4 Å². The summed E-state index contributed by atoms with van der Waals surface area (Å²) in [5.74, 6) is -1.23. The Kier molecular flexibility index (Phi) is 9.93. The van der Waals surface area contributed by atoms with E-state index in [2.05, 4.69) is 15.3 Å². The van der Waals surface area contributed by atoms with E-state index in [0.717, 1.165) is 31.9 Å². The molecular weight excluding hydrogens is 481 g/mol. The molecule has 1 saturated carbocycles. The zero-order chi connectivity index (χ0) is 26.8. The standard InChI is InChI=1S/C26H32FN5O5/c1-18(24(34)35)15-31(2)26(36)30-25(32(17-33)16-19-6-4-3-5-7-19)29-21-9-11-22(12-10-21)37-23-13-8-20(27)14-28-23/h8-14,17-19H,3-7,15-16H2,1-2H3,(H,34,35)(H,29,30,36)/t18-/m0/s1. The minimum absolute atomic E-state index is 0.0123. The van der Waals surface area contributed by atoms with Gasteiger partial charge in [-0.2, -0.15) is 0 Å². The number of guanidine groups is 1. The number of carboxylic acid groups (broad SMARTS) is 1. The van der Waals surface area contributed by atoms with Crippen LogP contribution in [0.15, 0.2) is 47.6 Å². The summed E-state index contributed by atoms with van der Waals surface area (Å²) in [6.07, 6.45) is 7.04. The highest BCUT2D eigenvalue weighted by atomic mass is 19.1. The van der Waals surface area contributed by atoms with Crippen LogP contribution in [0.4, 0.5) is 14.9 Å². The number of hydrogen-bond acceptors (Lipinski definition) is 6. The quantitative estimate of drug-likeness (QED) is 0.291. The van der Waals surface area contributed by atoms with Crippen LogP contribution in [0.2, 0.25) is 0 Å². The van der Waals surface area contributed by atoms with Crippen molar-refractivity contribution in [2.45, 2.75) is 39.0 Å². The molecule has 37 heavy (non-hydrogen) atoms. The lowest BCUT2D eigenvalue weighted by atomic mass is 9.89. The Morgan fingerprint density at radius 2 is 1.92 bits per heavy atom. The minimum Gasteiger partial charge on any atom is -0.481 e. The van der Waals surface area contributed by atoms with Gasteiger partial charge in [-0.05, 0) is 49.1 Å². The molecular formula is C26H32FN5O5. The Labute approximate surface area is 215 Å². The summed E-state index contributed by atoms with van der Waals surface area (Å²) < 4.78 is 18.7. The number of hydrogen-bond donors (Lipinski definition) is 2. The van der Waals surface area contributed by atoms with Crippen molar-refractivity contribution >= 4 is 30.1 Å². The number of ether oxygens (including phenoxy) is 1. The number of benzene rings is 1. The van der Waals surface area contributed by atoms with E-state index < -0.39 is 23.7 Å². The lowest BCUT2D eigenvalue weighted by molar-refractivity contribution is -0.141. The number of carboxylic acids is 1. The average Bonchev–Trinajstić information content (AvgIpc) is 2.89. The third-order valence-electron chi connectivity index (χ3n) is 6.11. The predicted molar refractivity (Wildman–Crippen MR) is 135 cm³/mol. The highest BCUT2D eigenvalue weighted by molar-refractivity contribution is 6.01. The summed E-state index contributed by atoms with van der Waals surface area (Å²) in [5.41, 5.74) is 0.451. The van der Waals surface area contributed by atoms with Gasteiger partial charge in [0, 0.05) is 26.2 Å². The number of rotatable bonds is 9. The Bertz CT molecular complexity index is 1090. The third-order valence-corrected chi connectivity index (χ3v) is 6.11. The fourth-order valence-electron chi connectivity index (χ4n) is 4.01. The van der Waals surface area contributed by atoms with Gasteiger partial charge in [0.1, 0.15) is 11.6 Å². The summed E-state index contributed by atoms with van der Waals surface area (Å²) in [5, 5.41) is 11.8. The van der Waals surface area contributed by atoms with Crippen LogP contribution >= 0.6 is 0 Å². The van der Waals surface area contributed by atoms with Gasteiger partial charge in [-0.15, -0.1) is 0 Å². The molecule has 1 atom stereocenters. The van der Waals surface area contributed by atoms with E-state index in [1.165, 1.54) is 42.3 Å². The van der Waals surface area contributed by atoms with Crippen LogP contribution in [0.1, 0.15) is 39.0 Å². The van der Waals surface area contributed by atoms with Gasteiger partial charge < -0.3 is 14.7 Å². The van der Waals surface area contributed by atoms with Crippen LogP contribution in [0.3, 0.4) is 0 Å². The van der Waals surface area contributed by atoms with Crippen molar-refractivity contribution in [3.63, 3.8) is 0 Å². The number of aromatic nitrogens is 1. The summed E-state index contributed by atoms with van der Waals surface area (Å²) in [6, 6.07) is 8.63. The van der Waals surface area contributed by atoms with Crippen LogP contribution in [0, 0.1) is 17.7 Å². The average molecular weight is 514 g/mol. The summed E-state index contributed by atoms with van der Waals surface area (Å²) in [4.78, 5) is 47.1. The molecule has 1 heterocycles. The molecule has 1 aromatic carbocycles. The molecule has 0 unspecified atom stereocenters. The monoisotopic (exact) mass is 513 g/mol. The number of urea groups is 1. The molecule has 1 fully saturated rings. The fraction of sp³-hybridized carbons (Fsp3) is 0.423. The maximum Gasteiger partial charge on any atom is 0.323 e. The highest BCUT2D eigenvalue weighted by Gasteiger charge is 2.23. The molecule has 1 aromatic heterocycles. The van der Waals surface area contributed by atoms with Gasteiger partial charge in [-0.25, -0.2) is 19.2 Å². The molecule has 3 rings (SSSR count). The van der Waals surface area contributed by atoms with Gasteiger partial charge in [0.05, 0.1) is 17.8 Å². The molecule has 11 heteroatoms. The topological polar surface area (TPSA) is 124 Å². The number of amides is 3. The van der Waals surface area contributed by atoms with Crippen LogP contribution < -0.4 is 10.1 Å². The number of nitrogens with zero attached hydrogens (tertiary/aromatic N) is 4. The van der Waals surface area contributed by atoms with Crippen molar-refractivity contribution in [2.75, 3.05) is 20.1 Å². The summed E-state index contributed by atoms with van der Waals surface area (Å²) >= 11 is 0. The maximum atomic E-state index is 13.1. The van der Waals surface area contributed by atoms with Crippen LogP contribution in [-0.4, -0.2) is 64.4 Å². The second-order valence-corrected chi connectivity index (χ2v) is 9.16. The van der Waals surface area contributed by atoms with Gasteiger partial charge >= 0.3 is 12.0 Å². The molecule has 1 aliphatic carbocycles. The summed E-state index contributed by atoms with van der Waals surface area (Å²) in [7, 11) is 1.48. The first kappa shape index (κ1) is 27.6. The summed E-state index contributed by atoms with van der Waals surface area (Å²) in [6.45, 7) is 1.91. The first-order chi connectivity index (χ1) is 17.7. The van der Waals surface area contributed by atoms with E-state index in [0.29, 0.717) is 30.3 Å². The maximum absolute atomic E-state index is 13.1. The van der Waals surface area contributed by atoms with E-state index in [4.69, 9.17) is 9.84 Å². The number of nitrogens with one attached hydrogen (secondary N) is 1. The Hall–Kier alpha value is -4.02. The third kappa shape index (κ3) is 8.55. The Balaban J connectivity index is 1.79. The van der Waals surface area contributed by atoms with Crippen molar-refractivity contribution < 1.29 is 28.6 Å². The largest absolute Gasteiger partial charge is 0.481 e. The SMILES string of the molecule is C[C@@H](CN(C)C(=O)NC(=Nc1ccc(Oc2ccc(F)cn2)cc1)N(C=O)CC1CCCCC1)C(=O)O. The van der Waals surface area contributed by atoms with Crippen molar-refractivity contribution in [2.24, 2.45) is 16.8 Å². The van der Waals surface area contributed by atoms with Crippen molar-refractivity contribution in [1.82, 2.24) is 20.1 Å². The van der Waals surface area contributed by atoms with Crippen LogP contribution in [-0.2, 0) is 9.59 Å². The molecule has 3 amide bonds. The molecule has 0 radical (unpaired) electrons. The number of carbonyl (C=O) groups is 3. The fourth-order valence-corrected chi connectivity index (χ4v) is 4.01. The Morgan fingerprint density at radius 1 is 1.22 bits per heavy atom. The van der Waals surface area contributed by atoms with Crippen molar-refractivity contribution in [3.05, 3.63) is 48.4 Å². The van der Waals surface area contributed by atoms with Gasteiger partial charge in [-0.3, -0.25) is 19.8 Å². The molecule has 0 bridgehead atoms. The normalized spacial score (nSPS) is 14.9.